The molecule has 0 fully saturated rings. The molecule has 0 heterocycles. The van der Waals surface area contributed by atoms with Gasteiger partial charge in [-0.05, 0) is 54.3 Å². The van der Waals surface area contributed by atoms with Gasteiger partial charge in [-0.2, -0.15) is 0 Å². The Balaban J connectivity index is 4.59. The number of allylic oxidation sites excluding steroid dienone is 1. The Bertz CT molecular complexity index is 196. The maximum absolute atomic E-state index is 5.87. The fourth-order valence-corrected chi connectivity index (χ4v) is 1.58. The first-order valence-corrected chi connectivity index (χ1v) is 8.47. The molecule has 0 atom stereocenters. The number of ether oxygens (including phenoxy) is 1. The van der Waals surface area contributed by atoms with Gasteiger partial charge in [-0.25, -0.2) is 0 Å². The average Bonchev–Trinajstić information content (AvgIpc) is 1.78. The van der Waals surface area contributed by atoms with Gasteiger partial charge in [0.2, 0.25) is 8.32 Å². The van der Waals surface area contributed by atoms with Gasteiger partial charge < -0.3 is 9.16 Å². The van der Waals surface area contributed by atoms with Crippen molar-refractivity contribution in [3.8, 4) is 0 Å². The van der Waals surface area contributed by atoms with Crippen LogP contribution in [0.4, 0.5) is 0 Å². The van der Waals surface area contributed by atoms with E-state index in [2.05, 4.69) is 19.6 Å². The molecule has 0 N–H and O–H groups in total. The summed E-state index contributed by atoms with van der Waals surface area (Å²) in [6.45, 7) is 16.6. The Kier molecular flexibility index (Phi) is 4.25. The zero-order chi connectivity index (χ0) is 11.6. The summed E-state index contributed by atoms with van der Waals surface area (Å²) in [4.78, 5) is 0. The average molecular weight is 216 g/mol. The van der Waals surface area contributed by atoms with E-state index in [0.29, 0.717) is 5.95 Å². The minimum Gasteiger partial charge on any atom is -0.520 e. The summed E-state index contributed by atoms with van der Waals surface area (Å²) in [6.07, 6.45) is 0. The maximum atomic E-state index is 5.87. The van der Waals surface area contributed by atoms with Crippen LogP contribution in [0.5, 0.6) is 0 Å². The van der Waals surface area contributed by atoms with E-state index < -0.39 is 8.32 Å². The molecular formula is C11H24O2Si. The van der Waals surface area contributed by atoms with Crippen molar-refractivity contribution in [2.75, 3.05) is 0 Å². The minimum absolute atomic E-state index is 0.188. The smallest absolute Gasteiger partial charge is 0.264 e. The molecule has 0 saturated heterocycles. The van der Waals surface area contributed by atoms with Gasteiger partial charge in [0.05, 0.1) is 0 Å². The molecule has 0 rings (SSSR count). The van der Waals surface area contributed by atoms with Crippen LogP contribution >= 0.6 is 0 Å². The SMILES string of the molecule is CC(C)=C(OC(C)(C)C)O[Si](C)(C)C. The zero-order valence-electron chi connectivity index (χ0n) is 10.8. The van der Waals surface area contributed by atoms with Crippen LogP contribution in [0.15, 0.2) is 11.5 Å². The van der Waals surface area contributed by atoms with Crippen LogP contribution < -0.4 is 0 Å². The highest BCUT2D eigenvalue weighted by atomic mass is 28.4. The third kappa shape index (κ3) is 7.01. The standard InChI is InChI=1S/C11H24O2Si/c1-9(2)10(12-11(3,4)5)13-14(6,7)8/h1-8H3. The normalized spacial score (nSPS) is 12.3. The summed E-state index contributed by atoms with van der Waals surface area (Å²) in [5.41, 5.74) is 0.911. The molecule has 3 heteroatoms. The predicted molar refractivity (Wildman–Crippen MR) is 63.6 cm³/mol. The molecule has 0 radical (unpaired) electrons. The molecule has 14 heavy (non-hydrogen) atoms. The maximum Gasteiger partial charge on any atom is 0.264 e. The van der Waals surface area contributed by atoms with Crippen molar-refractivity contribution in [2.45, 2.75) is 59.9 Å². The van der Waals surface area contributed by atoms with Gasteiger partial charge in [0.25, 0.3) is 5.95 Å². The van der Waals surface area contributed by atoms with Crippen molar-refractivity contribution in [1.82, 2.24) is 0 Å². The monoisotopic (exact) mass is 216 g/mol. The molecule has 0 aliphatic carbocycles. The van der Waals surface area contributed by atoms with Crippen LogP contribution in [0.1, 0.15) is 34.6 Å². The van der Waals surface area contributed by atoms with Crippen LogP contribution in [0.3, 0.4) is 0 Å². The Hall–Kier alpha value is -0.443. The minimum atomic E-state index is -1.57. The van der Waals surface area contributed by atoms with Gasteiger partial charge in [-0.1, -0.05) is 0 Å². The van der Waals surface area contributed by atoms with E-state index in [0.717, 1.165) is 5.57 Å². The molecule has 0 aromatic rings. The van der Waals surface area contributed by atoms with Gasteiger partial charge >= 0.3 is 0 Å². The quantitative estimate of drug-likeness (QED) is 0.526. The molecule has 0 aromatic carbocycles. The van der Waals surface area contributed by atoms with Crippen molar-refractivity contribution in [3.63, 3.8) is 0 Å². The first kappa shape index (κ1) is 13.6. The topological polar surface area (TPSA) is 18.5 Å². The van der Waals surface area contributed by atoms with Crippen molar-refractivity contribution >= 4 is 8.32 Å². The first-order chi connectivity index (χ1) is 6.01. The summed E-state index contributed by atoms with van der Waals surface area (Å²) < 4.78 is 11.6. The fourth-order valence-electron chi connectivity index (χ4n) is 0.781. The van der Waals surface area contributed by atoms with E-state index in [4.69, 9.17) is 9.16 Å². The molecule has 84 valence electrons. The summed E-state index contributed by atoms with van der Waals surface area (Å²) in [7, 11) is -1.57. The van der Waals surface area contributed by atoms with Crippen LogP contribution in [0.2, 0.25) is 19.6 Å². The Labute approximate surface area is 89.4 Å². The highest BCUT2D eigenvalue weighted by Crippen LogP contribution is 2.21. The van der Waals surface area contributed by atoms with E-state index in [-0.39, 0.29) is 5.60 Å². The molecule has 0 aliphatic rings. The van der Waals surface area contributed by atoms with Crippen LogP contribution in [-0.4, -0.2) is 13.9 Å². The van der Waals surface area contributed by atoms with Crippen molar-refractivity contribution in [1.29, 1.82) is 0 Å². The third-order valence-electron chi connectivity index (χ3n) is 1.21. The van der Waals surface area contributed by atoms with Gasteiger partial charge in [-0.3, -0.25) is 0 Å². The lowest BCUT2D eigenvalue weighted by molar-refractivity contribution is -0.0109. The second-order valence-corrected chi connectivity index (χ2v) is 10.1. The van der Waals surface area contributed by atoms with Crippen molar-refractivity contribution < 1.29 is 9.16 Å². The predicted octanol–water partition coefficient (Wildman–Crippen LogP) is 3.90. The molecule has 0 aliphatic heterocycles. The van der Waals surface area contributed by atoms with E-state index >= 15 is 0 Å². The number of rotatable bonds is 3. The molecule has 2 nitrogen and oxygen atoms in total. The third-order valence-corrected chi connectivity index (χ3v) is 2.00. The summed E-state index contributed by atoms with van der Waals surface area (Å²) in [5, 5.41) is 0. The highest BCUT2D eigenvalue weighted by molar-refractivity contribution is 6.70. The van der Waals surface area contributed by atoms with E-state index in [1.807, 2.05) is 34.6 Å². The lowest BCUT2D eigenvalue weighted by atomic mass is 10.2. The first-order valence-electron chi connectivity index (χ1n) is 5.07. The molecule has 0 amide bonds. The second kappa shape index (κ2) is 4.38. The van der Waals surface area contributed by atoms with Crippen LogP contribution in [-0.2, 0) is 9.16 Å². The van der Waals surface area contributed by atoms with Crippen LogP contribution in [0, 0.1) is 0 Å². The molecule has 0 aromatic heterocycles. The molecule has 0 spiro atoms. The van der Waals surface area contributed by atoms with Crippen molar-refractivity contribution in [2.24, 2.45) is 0 Å². The van der Waals surface area contributed by atoms with E-state index in [1.165, 1.54) is 0 Å². The Morgan fingerprint density at radius 1 is 1.00 bits per heavy atom. The zero-order valence-corrected chi connectivity index (χ0v) is 11.8. The second-order valence-electron chi connectivity index (χ2n) is 5.72. The van der Waals surface area contributed by atoms with Gasteiger partial charge in [-0.15, -0.1) is 0 Å². The van der Waals surface area contributed by atoms with Gasteiger partial charge in [0.1, 0.15) is 5.60 Å². The largest absolute Gasteiger partial charge is 0.520 e. The van der Waals surface area contributed by atoms with Crippen molar-refractivity contribution in [3.05, 3.63) is 11.5 Å². The van der Waals surface area contributed by atoms with E-state index in [9.17, 15) is 0 Å². The Morgan fingerprint density at radius 3 is 1.64 bits per heavy atom. The van der Waals surface area contributed by atoms with E-state index in [1.54, 1.807) is 0 Å². The summed E-state index contributed by atoms with van der Waals surface area (Å²) in [5.74, 6) is 0.705. The van der Waals surface area contributed by atoms with Crippen LogP contribution in [0.25, 0.3) is 0 Å². The Morgan fingerprint density at radius 2 is 1.43 bits per heavy atom. The highest BCUT2D eigenvalue weighted by Gasteiger charge is 2.22. The number of hydrogen-bond donors (Lipinski definition) is 0. The number of hydrogen-bond acceptors (Lipinski definition) is 2. The summed E-state index contributed by atoms with van der Waals surface area (Å²) in [6, 6.07) is 0. The lowest BCUT2D eigenvalue weighted by Gasteiger charge is -2.29. The van der Waals surface area contributed by atoms with Gasteiger partial charge in [0.15, 0.2) is 0 Å². The fraction of sp³-hybridized carbons (Fsp3) is 0.818. The lowest BCUT2D eigenvalue weighted by Crippen LogP contribution is -2.29. The molecule has 0 unspecified atom stereocenters. The summed E-state index contributed by atoms with van der Waals surface area (Å²) >= 11 is 0. The molecule has 0 saturated carbocycles. The molecule has 0 bridgehead atoms. The molecular weight excluding hydrogens is 192 g/mol. The van der Waals surface area contributed by atoms with Gasteiger partial charge in [0, 0.05) is 5.57 Å².